The van der Waals surface area contributed by atoms with Crippen molar-refractivity contribution in [2.24, 2.45) is 0 Å². The Morgan fingerprint density at radius 1 is 0.930 bits per heavy atom. The smallest absolute Gasteiger partial charge is 0.246 e. The van der Waals surface area contributed by atoms with Gasteiger partial charge in [0, 0.05) is 48.7 Å². The summed E-state index contributed by atoms with van der Waals surface area (Å²) in [7, 11) is 1.62. The van der Waals surface area contributed by atoms with Crippen molar-refractivity contribution in [2.75, 3.05) is 33.4 Å². The number of piperazine rings is 1. The fourth-order valence-electron chi connectivity index (χ4n) is 7.30. The summed E-state index contributed by atoms with van der Waals surface area (Å²) in [5.74, 6) is 1.31. The molecule has 2 fully saturated rings. The van der Waals surface area contributed by atoms with E-state index in [1.54, 1.807) is 7.11 Å². The fourth-order valence-corrected chi connectivity index (χ4v) is 7.30. The molecular weight excluding hydrogens is 540 g/mol. The molecule has 2 saturated heterocycles. The van der Waals surface area contributed by atoms with Gasteiger partial charge in [0.25, 0.3) is 0 Å². The second-order valence-corrected chi connectivity index (χ2v) is 11.8. The zero-order valence-electron chi connectivity index (χ0n) is 24.8. The highest BCUT2D eigenvalue weighted by Crippen LogP contribution is 2.44. The summed E-state index contributed by atoms with van der Waals surface area (Å²) in [6.45, 7) is 5.30. The number of piperidine rings is 1. The second kappa shape index (κ2) is 11.4. The summed E-state index contributed by atoms with van der Waals surface area (Å²) in [5.41, 5.74) is 5.27. The van der Waals surface area contributed by atoms with E-state index < -0.39 is 12.1 Å². The molecule has 1 aromatic heterocycles. The number of benzene rings is 3. The van der Waals surface area contributed by atoms with Crippen LogP contribution in [0, 0.1) is 0 Å². The molecule has 43 heavy (non-hydrogen) atoms. The van der Waals surface area contributed by atoms with Crippen LogP contribution >= 0.6 is 0 Å². The third-order valence-electron chi connectivity index (χ3n) is 9.34. The van der Waals surface area contributed by atoms with Gasteiger partial charge in [0.1, 0.15) is 12.6 Å². The predicted molar refractivity (Wildman–Crippen MR) is 165 cm³/mol. The molecule has 3 aliphatic heterocycles. The number of fused-ring (bicyclic) bond motifs is 4. The lowest BCUT2D eigenvalue weighted by Gasteiger charge is -2.49. The predicted octanol–water partition coefficient (Wildman–Crippen LogP) is 4.92. The molecule has 0 spiro atoms. The number of nitrogens with zero attached hydrogens (tertiary/aromatic N) is 3. The molecule has 4 heterocycles. The van der Waals surface area contributed by atoms with Crippen LogP contribution in [0.2, 0.25) is 0 Å². The Morgan fingerprint density at radius 3 is 2.47 bits per heavy atom. The van der Waals surface area contributed by atoms with Crippen LogP contribution in [0.25, 0.3) is 10.9 Å². The van der Waals surface area contributed by atoms with Gasteiger partial charge in [0.05, 0.1) is 19.8 Å². The van der Waals surface area contributed by atoms with Crippen molar-refractivity contribution in [1.82, 2.24) is 19.7 Å². The normalized spacial score (nSPS) is 21.2. The first-order valence-corrected chi connectivity index (χ1v) is 15.3. The van der Waals surface area contributed by atoms with Crippen molar-refractivity contribution in [3.05, 3.63) is 95.2 Å². The molecule has 8 heteroatoms. The average molecular weight is 579 g/mol. The standard InChI is InChI=1S/C35H38N4O4/c1-3-43-30-14-13-24(19-31(30)42-2)34-33-27(26-11-7-8-12-28(26)36-33)20-29-35(41)38(22-32(40)39(29)34)25-15-17-37(18-16-25)21-23-9-5-4-6-10-23/h4-14,19,25,29,34,36H,3,15-18,20-22H2,1-2H3/t29-,34?/m0/s1. The van der Waals surface area contributed by atoms with Crippen molar-refractivity contribution in [3.8, 4) is 11.5 Å². The number of hydrogen-bond donors (Lipinski definition) is 1. The first-order valence-electron chi connectivity index (χ1n) is 15.3. The number of methoxy groups -OCH3 is 1. The van der Waals surface area contributed by atoms with Crippen LogP contribution < -0.4 is 9.47 Å². The number of amides is 2. The monoisotopic (exact) mass is 578 g/mol. The first-order chi connectivity index (χ1) is 21.1. The van der Waals surface area contributed by atoms with E-state index in [4.69, 9.17) is 9.47 Å². The van der Waals surface area contributed by atoms with Crippen LogP contribution in [0.5, 0.6) is 11.5 Å². The zero-order valence-corrected chi connectivity index (χ0v) is 24.8. The van der Waals surface area contributed by atoms with Gasteiger partial charge in [-0.25, -0.2) is 0 Å². The van der Waals surface area contributed by atoms with Gasteiger partial charge in [-0.2, -0.15) is 0 Å². The summed E-state index contributed by atoms with van der Waals surface area (Å²) >= 11 is 0. The lowest BCUT2D eigenvalue weighted by molar-refractivity contribution is -0.161. The van der Waals surface area contributed by atoms with Crippen LogP contribution in [-0.4, -0.2) is 76.9 Å². The molecule has 0 saturated carbocycles. The van der Waals surface area contributed by atoms with Crippen molar-refractivity contribution in [3.63, 3.8) is 0 Å². The number of H-pyrrole nitrogens is 1. The Morgan fingerprint density at radius 2 is 1.70 bits per heavy atom. The number of likely N-dealkylation sites (tertiary alicyclic amines) is 1. The third-order valence-corrected chi connectivity index (χ3v) is 9.34. The van der Waals surface area contributed by atoms with Gasteiger partial charge >= 0.3 is 0 Å². The molecule has 1 unspecified atom stereocenters. The maximum absolute atomic E-state index is 14.3. The Balaban J connectivity index is 1.20. The van der Waals surface area contributed by atoms with Crippen molar-refractivity contribution >= 4 is 22.7 Å². The SMILES string of the molecule is CCOc1ccc(C2c3[nH]c4ccccc4c3C[C@H]3C(=O)N(C4CCN(Cc5ccccc5)CC4)CC(=O)N23)cc1OC. The van der Waals surface area contributed by atoms with E-state index >= 15 is 0 Å². The van der Waals surface area contributed by atoms with Crippen molar-refractivity contribution in [2.45, 2.75) is 50.9 Å². The zero-order chi connectivity index (χ0) is 29.5. The first kappa shape index (κ1) is 27.5. The van der Waals surface area contributed by atoms with E-state index in [0.29, 0.717) is 24.5 Å². The molecule has 0 aliphatic carbocycles. The Labute approximate surface area is 252 Å². The summed E-state index contributed by atoms with van der Waals surface area (Å²) in [4.78, 5) is 38.2. The largest absolute Gasteiger partial charge is 0.493 e. The molecule has 222 valence electrons. The molecule has 4 aromatic rings. The van der Waals surface area contributed by atoms with Crippen LogP contribution in [0.3, 0.4) is 0 Å². The number of aromatic nitrogens is 1. The van der Waals surface area contributed by atoms with E-state index in [1.807, 2.05) is 53.1 Å². The Bertz CT molecular complexity index is 1640. The fraction of sp³-hybridized carbons (Fsp3) is 0.371. The topological polar surface area (TPSA) is 78.1 Å². The van der Waals surface area contributed by atoms with Gasteiger partial charge in [-0.3, -0.25) is 14.5 Å². The van der Waals surface area contributed by atoms with E-state index in [2.05, 4.69) is 46.3 Å². The number of carbonyl (C=O) groups excluding carboxylic acids is 2. The summed E-state index contributed by atoms with van der Waals surface area (Å²) in [6, 6.07) is 23.6. The maximum Gasteiger partial charge on any atom is 0.246 e. The van der Waals surface area contributed by atoms with Crippen molar-refractivity contribution < 1.29 is 19.1 Å². The number of rotatable bonds is 7. The van der Waals surface area contributed by atoms with Crippen LogP contribution in [0.1, 0.15) is 48.2 Å². The summed E-state index contributed by atoms with van der Waals surface area (Å²) < 4.78 is 11.5. The van der Waals surface area contributed by atoms with E-state index in [1.165, 1.54) is 5.56 Å². The lowest BCUT2D eigenvalue weighted by atomic mass is 9.85. The quantitative estimate of drug-likeness (QED) is 0.337. The minimum atomic E-state index is -0.558. The van der Waals surface area contributed by atoms with Crippen LogP contribution in [0.4, 0.5) is 0 Å². The summed E-state index contributed by atoms with van der Waals surface area (Å²) in [5, 5.41) is 1.10. The second-order valence-electron chi connectivity index (χ2n) is 11.8. The van der Waals surface area contributed by atoms with E-state index in [-0.39, 0.29) is 24.4 Å². The highest BCUT2D eigenvalue weighted by molar-refractivity contribution is 5.98. The van der Waals surface area contributed by atoms with E-state index in [9.17, 15) is 9.59 Å². The van der Waals surface area contributed by atoms with Gasteiger partial charge < -0.3 is 24.3 Å². The molecular formula is C35H38N4O4. The van der Waals surface area contributed by atoms with Gasteiger partial charge in [0.15, 0.2) is 11.5 Å². The molecule has 0 bridgehead atoms. The molecule has 3 aliphatic rings. The molecule has 8 nitrogen and oxygen atoms in total. The van der Waals surface area contributed by atoms with Crippen LogP contribution in [-0.2, 0) is 22.6 Å². The molecule has 3 aromatic carbocycles. The minimum absolute atomic E-state index is 0.0153. The number of nitrogens with one attached hydrogen (secondary N) is 1. The lowest BCUT2D eigenvalue weighted by Crippen LogP contribution is -2.65. The van der Waals surface area contributed by atoms with Crippen LogP contribution in [0.15, 0.2) is 72.8 Å². The van der Waals surface area contributed by atoms with Gasteiger partial charge in [-0.1, -0.05) is 54.6 Å². The molecule has 0 radical (unpaired) electrons. The highest BCUT2D eigenvalue weighted by Gasteiger charge is 2.49. The van der Waals surface area contributed by atoms with Crippen molar-refractivity contribution in [1.29, 1.82) is 0 Å². The Kier molecular flexibility index (Phi) is 7.31. The van der Waals surface area contributed by atoms with Gasteiger partial charge in [-0.15, -0.1) is 0 Å². The molecule has 2 atom stereocenters. The number of carbonyl (C=O) groups is 2. The maximum atomic E-state index is 14.3. The average Bonchev–Trinajstić information content (AvgIpc) is 3.41. The molecule has 2 amide bonds. The highest BCUT2D eigenvalue weighted by atomic mass is 16.5. The molecule has 1 N–H and O–H groups in total. The number of aromatic amines is 1. The molecule has 7 rings (SSSR count). The number of para-hydroxylation sites is 1. The number of hydrogen-bond acceptors (Lipinski definition) is 5. The summed E-state index contributed by atoms with van der Waals surface area (Å²) in [6.07, 6.45) is 2.24. The minimum Gasteiger partial charge on any atom is -0.493 e. The van der Waals surface area contributed by atoms with E-state index in [0.717, 1.165) is 60.2 Å². The van der Waals surface area contributed by atoms with Gasteiger partial charge in [-0.05, 0) is 54.7 Å². The number of ether oxygens (including phenoxy) is 2. The Hall–Kier alpha value is -4.30. The third kappa shape index (κ3) is 4.93. The van der Waals surface area contributed by atoms with Gasteiger partial charge in [0.2, 0.25) is 11.8 Å².